The summed E-state index contributed by atoms with van der Waals surface area (Å²) in [7, 11) is 2.07. The van der Waals surface area contributed by atoms with Crippen LogP contribution < -0.4 is 5.43 Å². The number of nitrogens with zero attached hydrogens (tertiary/aromatic N) is 1. The zero-order valence-electron chi connectivity index (χ0n) is 6.31. The van der Waals surface area contributed by atoms with Crippen molar-refractivity contribution < 1.29 is 0 Å². The Labute approximate surface area is 56.5 Å². The first-order valence-electron chi connectivity index (χ1n) is 3.41. The van der Waals surface area contributed by atoms with Crippen LogP contribution in [0.4, 0.5) is 0 Å². The van der Waals surface area contributed by atoms with E-state index in [4.69, 9.17) is 0 Å². The third-order valence-electron chi connectivity index (χ3n) is 1.88. The zero-order chi connectivity index (χ0) is 6.85. The summed E-state index contributed by atoms with van der Waals surface area (Å²) in [6, 6.07) is 0.616. The Morgan fingerprint density at radius 3 is 2.67 bits per heavy atom. The minimum atomic E-state index is 0.616. The van der Waals surface area contributed by atoms with E-state index in [9.17, 15) is 0 Å². The van der Waals surface area contributed by atoms with Crippen LogP contribution in [-0.2, 0) is 0 Å². The lowest BCUT2D eigenvalue weighted by atomic mass is 10.1. The van der Waals surface area contributed by atoms with Gasteiger partial charge in [-0.2, -0.15) is 0 Å². The fraction of sp³-hybridized carbons (Fsp3) is 0.714. The molecule has 52 valence electrons. The van der Waals surface area contributed by atoms with E-state index in [1.165, 1.54) is 12.0 Å². The monoisotopic (exact) mass is 126 g/mol. The van der Waals surface area contributed by atoms with Crippen LogP contribution in [0, 0.1) is 0 Å². The first-order valence-corrected chi connectivity index (χ1v) is 3.41. The molecule has 0 aromatic carbocycles. The largest absolute Gasteiger partial charge is 0.326 e. The maximum atomic E-state index is 3.14. The van der Waals surface area contributed by atoms with Crippen molar-refractivity contribution in [2.75, 3.05) is 7.05 Å². The second kappa shape index (κ2) is 2.40. The summed E-state index contributed by atoms with van der Waals surface area (Å²) < 4.78 is 0. The average molecular weight is 126 g/mol. The highest BCUT2D eigenvalue weighted by molar-refractivity contribution is 5.10. The Morgan fingerprint density at radius 1 is 1.78 bits per heavy atom. The SMILES string of the molecule is CCC1C(C)=CNN1C. The molecular formula is C7H14N2. The standard InChI is InChI=1S/C7H14N2/c1-4-7-6(2)5-8-9(7)3/h5,7-8H,4H2,1-3H3. The lowest BCUT2D eigenvalue weighted by molar-refractivity contribution is 0.243. The highest BCUT2D eigenvalue weighted by Crippen LogP contribution is 2.14. The Bertz CT molecular complexity index is 129. The fourth-order valence-corrected chi connectivity index (χ4v) is 1.29. The zero-order valence-corrected chi connectivity index (χ0v) is 6.31. The summed E-state index contributed by atoms with van der Waals surface area (Å²) in [6.07, 6.45) is 3.25. The van der Waals surface area contributed by atoms with E-state index in [1.54, 1.807) is 0 Å². The first kappa shape index (κ1) is 6.62. The highest BCUT2D eigenvalue weighted by Gasteiger charge is 2.17. The highest BCUT2D eigenvalue weighted by atomic mass is 15.5. The molecule has 0 radical (unpaired) electrons. The van der Waals surface area contributed by atoms with E-state index in [0.717, 1.165) is 0 Å². The number of hydrogen-bond acceptors (Lipinski definition) is 2. The second-order valence-corrected chi connectivity index (χ2v) is 2.55. The van der Waals surface area contributed by atoms with Gasteiger partial charge in [0, 0.05) is 13.2 Å². The van der Waals surface area contributed by atoms with E-state index < -0.39 is 0 Å². The van der Waals surface area contributed by atoms with E-state index >= 15 is 0 Å². The summed E-state index contributed by atoms with van der Waals surface area (Å²) in [5.74, 6) is 0. The Balaban J connectivity index is 2.57. The fourth-order valence-electron chi connectivity index (χ4n) is 1.29. The molecule has 0 saturated heterocycles. The molecule has 0 spiro atoms. The van der Waals surface area contributed by atoms with Gasteiger partial charge in [0.05, 0.1) is 6.04 Å². The molecule has 1 N–H and O–H groups in total. The van der Waals surface area contributed by atoms with Gasteiger partial charge in [0.1, 0.15) is 0 Å². The quantitative estimate of drug-likeness (QED) is 0.566. The molecule has 1 atom stereocenters. The van der Waals surface area contributed by atoms with Crippen molar-refractivity contribution >= 4 is 0 Å². The molecule has 0 aromatic rings. The summed E-state index contributed by atoms with van der Waals surface area (Å²) in [6.45, 7) is 4.36. The van der Waals surface area contributed by atoms with Crippen molar-refractivity contribution in [1.82, 2.24) is 10.4 Å². The van der Waals surface area contributed by atoms with Crippen LogP contribution in [0.1, 0.15) is 20.3 Å². The first-order chi connectivity index (χ1) is 4.25. The predicted octanol–water partition coefficient (Wildman–Crippen LogP) is 1.12. The van der Waals surface area contributed by atoms with Crippen LogP contribution in [0.5, 0.6) is 0 Å². The lowest BCUT2D eigenvalue weighted by Gasteiger charge is -2.18. The van der Waals surface area contributed by atoms with Gasteiger partial charge in [0.25, 0.3) is 0 Å². The molecule has 1 aliphatic heterocycles. The van der Waals surface area contributed by atoms with Gasteiger partial charge < -0.3 is 5.43 Å². The van der Waals surface area contributed by atoms with Gasteiger partial charge >= 0.3 is 0 Å². The Morgan fingerprint density at radius 2 is 2.44 bits per heavy atom. The molecule has 0 bridgehead atoms. The van der Waals surface area contributed by atoms with Crippen LogP contribution in [0.15, 0.2) is 11.8 Å². The van der Waals surface area contributed by atoms with Crippen LogP contribution >= 0.6 is 0 Å². The molecule has 0 saturated carbocycles. The van der Waals surface area contributed by atoms with Crippen molar-refractivity contribution in [3.05, 3.63) is 11.8 Å². The van der Waals surface area contributed by atoms with Gasteiger partial charge in [-0.05, 0) is 18.9 Å². The lowest BCUT2D eigenvalue weighted by Crippen LogP contribution is -2.33. The van der Waals surface area contributed by atoms with Gasteiger partial charge in [0.2, 0.25) is 0 Å². The van der Waals surface area contributed by atoms with Gasteiger partial charge in [-0.25, -0.2) is 5.01 Å². The van der Waals surface area contributed by atoms with Crippen molar-refractivity contribution in [2.24, 2.45) is 0 Å². The normalized spacial score (nSPS) is 27.9. The summed E-state index contributed by atoms with van der Waals surface area (Å²) in [5, 5.41) is 2.13. The van der Waals surface area contributed by atoms with Crippen molar-refractivity contribution in [3.63, 3.8) is 0 Å². The maximum Gasteiger partial charge on any atom is 0.0509 e. The molecule has 0 fully saturated rings. The third-order valence-corrected chi connectivity index (χ3v) is 1.88. The number of rotatable bonds is 1. The molecule has 0 aliphatic carbocycles. The molecular weight excluding hydrogens is 112 g/mol. The van der Waals surface area contributed by atoms with Gasteiger partial charge in [0.15, 0.2) is 0 Å². The summed E-state index contributed by atoms with van der Waals surface area (Å²) in [5.41, 5.74) is 4.57. The molecule has 0 amide bonds. The molecule has 1 heterocycles. The van der Waals surface area contributed by atoms with Crippen LogP contribution in [0.25, 0.3) is 0 Å². The van der Waals surface area contributed by atoms with E-state index in [2.05, 4.69) is 37.5 Å². The van der Waals surface area contributed by atoms with E-state index in [1.807, 2.05) is 0 Å². The van der Waals surface area contributed by atoms with Crippen molar-refractivity contribution in [1.29, 1.82) is 0 Å². The third kappa shape index (κ3) is 1.08. The number of likely N-dealkylation sites (N-methyl/N-ethyl adjacent to an activating group) is 1. The van der Waals surface area contributed by atoms with Crippen LogP contribution in [-0.4, -0.2) is 18.1 Å². The molecule has 1 rings (SSSR count). The van der Waals surface area contributed by atoms with Gasteiger partial charge in [-0.1, -0.05) is 6.92 Å². The van der Waals surface area contributed by atoms with Crippen molar-refractivity contribution in [2.45, 2.75) is 26.3 Å². The van der Waals surface area contributed by atoms with Crippen LogP contribution in [0.2, 0.25) is 0 Å². The Kier molecular flexibility index (Phi) is 1.76. The average Bonchev–Trinajstić information content (AvgIpc) is 2.12. The van der Waals surface area contributed by atoms with E-state index in [0.29, 0.717) is 6.04 Å². The molecule has 2 heteroatoms. The van der Waals surface area contributed by atoms with Gasteiger partial charge in [-0.3, -0.25) is 0 Å². The number of hydrazine groups is 1. The van der Waals surface area contributed by atoms with E-state index in [-0.39, 0.29) is 0 Å². The molecule has 1 aliphatic rings. The smallest absolute Gasteiger partial charge is 0.0509 e. The van der Waals surface area contributed by atoms with Crippen molar-refractivity contribution in [3.8, 4) is 0 Å². The minimum Gasteiger partial charge on any atom is -0.326 e. The minimum absolute atomic E-state index is 0.616. The number of nitrogens with one attached hydrogen (secondary N) is 1. The topological polar surface area (TPSA) is 15.3 Å². The Hall–Kier alpha value is -0.500. The molecule has 9 heavy (non-hydrogen) atoms. The second-order valence-electron chi connectivity index (χ2n) is 2.55. The molecule has 2 nitrogen and oxygen atoms in total. The van der Waals surface area contributed by atoms with Gasteiger partial charge in [-0.15, -0.1) is 0 Å². The predicted molar refractivity (Wildman–Crippen MR) is 38.7 cm³/mol. The summed E-state index contributed by atoms with van der Waals surface area (Å²) in [4.78, 5) is 0. The van der Waals surface area contributed by atoms with Crippen LogP contribution in [0.3, 0.4) is 0 Å². The maximum absolute atomic E-state index is 3.14. The number of hydrogen-bond donors (Lipinski definition) is 1. The molecule has 1 unspecified atom stereocenters. The summed E-state index contributed by atoms with van der Waals surface area (Å²) >= 11 is 0. The molecule has 0 aromatic heterocycles.